The largest absolute Gasteiger partial charge is 0.416 e. The minimum atomic E-state index is -4.63. The molecule has 8 heteroatoms. The van der Waals surface area contributed by atoms with Crippen molar-refractivity contribution >= 4 is 17.5 Å². The number of piperidine rings is 1. The molecule has 23 heavy (non-hydrogen) atoms. The number of aliphatic hydroxyl groups excluding tert-OH is 1. The summed E-state index contributed by atoms with van der Waals surface area (Å²) >= 11 is 0. The van der Waals surface area contributed by atoms with E-state index in [-0.39, 0.29) is 17.8 Å². The predicted molar refractivity (Wildman–Crippen MR) is 76.9 cm³/mol. The second-order valence-corrected chi connectivity index (χ2v) is 5.53. The van der Waals surface area contributed by atoms with Crippen LogP contribution < -0.4 is 5.32 Å². The molecule has 1 heterocycles. The minimum absolute atomic E-state index is 0.0878. The molecule has 1 aliphatic rings. The van der Waals surface area contributed by atoms with Gasteiger partial charge in [0.15, 0.2) is 0 Å². The van der Waals surface area contributed by atoms with E-state index in [4.69, 9.17) is 0 Å². The number of hydrogen-bond acceptors (Lipinski definition) is 3. The van der Waals surface area contributed by atoms with Crippen molar-refractivity contribution in [1.82, 2.24) is 4.90 Å². The summed E-state index contributed by atoms with van der Waals surface area (Å²) in [6.45, 7) is 1.63. The van der Waals surface area contributed by atoms with Gasteiger partial charge in [0.1, 0.15) is 0 Å². The maximum Gasteiger partial charge on any atom is 0.416 e. The first kappa shape index (κ1) is 17.3. The van der Waals surface area contributed by atoms with Crippen LogP contribution in [0.25, 0.3) is 0 Å². The fourth-order valence-corrected chi connectivity index (χ4v) is 2.51. The van der Waals surface area contributed by atoms with Gasteiger partial charge in [0.25, 0.3) is 5.91 Å². The summed E-state index contributed by atoms with van der Waals surface area (Å²) in [6.07, 6.45) is -4.16. The summed E-state index contributed by atoms with van der Waals surface area (Å²) in [6, 6.07) is 2.75. The average molecular weight is 330 g/mol. The molecule has 1 saturated heterocycles. The topological polar surface area (TPSA) is 69.6 Å². The molecule has 0 saturated carbocycles. The molecular formula is C15H17F3N2O3. The Balaban J connectivity index is 2.35. The molecule has 1 unspecified atom stereocenters. The Kier molecular flexibility index (Phi) is 4.93. The first-order chi connectivity index (χ1) is 10.7. The van der Waals surface area contributed by atoms with Gasteiger partial charge in [-0.15, -0.1) is 0 Å². The summed E-state index contributed by atoms with van der Waals surface area (Å²) < 4.78 is 38.9. The number of carbonyl (C=O) groups excluding carboxylic acids is 2. The van der Waals surface area contributed by atoms with Crippen molar-refractivity contribution in [2.45, 2.75) is 32.0 Å². The van der Waals surface area contributed by atoms with Gasteiger partial charge >= 0.3 is 6.18 Å². The van der Waals surface area contributed by atoms with Gasteiger partial charge in [0.05, 0.1) is 11.7 Å². The normalized spacial score (nSPS) is 18.7. The van der Waals surface area contributed by atoms with E-state index in [2.05, 4.69) is 5.32 Å². The highest BCUT2D eigenvalue weighted by molar-refractivity contribution is 5.97. The number of β-amino-alcohol motifs (C(OH)–C–C–N with tert-alkyl or cyclic N) is 1. The van der Waals surface area contributed by atoms with E-state index in [1.807, 2.05) is 0 Å². The van der Waals surface area contributed by atoms with E-state index in [0.29, 0.717) is 19.4 Å². The summed E-state index contributed by atoms with van der Waals surface area (Å²) in [4.78, 5) is 24.8. The number of rotatable bonds is 2. The molecular weight excluding hydrogens is 313 g/mol. The Morgan fingerprint density at radius 3 is 2.57 bits per heavy atom. The number of halogens is 3. The monoisotopic (exact) mass is 330 g/mol. The number of aliphatic hydroxyl groups is 1. The Bertz CT molecular complexity index is 616. The number of hydrogen-bond donors (Lipinski definition) is 2. The van der Waals surface area contributed by atoms with E-state index in [1.165, 1.54) is 17.9 Å². The Morgan fingerprint density at radius 2 is 2.00 bits per heavy atom. The molecule has 0 aromatic heterocycles. The summed E-state index contributed by atoms with van der Waals surface area (Å²) in [7, 11) is 0. The molecule has 1 aromatic rings. The second-order valence-electron chi connectivity index (χ2n) is 5.53. The van der Waals surface area contributed by atoms with E-state index < -0.39 is 29.7 Å². The lowest BCUT2D eigenvalue weighted by atomic mass is 10.0. The fraction of sp³-hybridized carbons (Fsp3) is 0.467. The molecule has 0 aliphatic carbocycles. The molecule has 1 aromatic carbocycles. The van der Waals surface area contributed by atoms with Crippen LogP contribution in [0.2, 0.25) is 0 Å². The number of nitrogens with one attached hydrogen (secondary N) is 1. The quantitative estimate of drug-likeness (QED) is 0.874. The minimum Gasteiger partial charge on any atom is -0.391 e. The summed E-state index contributed by atoms with van der Waals surface area (Å²) in [5.74, 6) is -1.13. The first-order valence-electron chi connectivity index (χ1n) is 7.14. The molecule has 5 nitrogen and oxygen atoms in total. The number of nitrogens with zero attached hydrogens (tertiary/aromatic N) is 1. The van der Waals surface area contributed by atoms with E-state index in [1.54, 1.807) is 0 Å². The van der Waals surface area contributed by atoms with Crippen LogP contribution in [-0.4, -0.2) is 41.0 Å². The summed E-state index contributed by atoms with van der Waals surface area (Å²) in [5.41, 5.74) is -1.27. The Labute approximate surface area is 131 Å². The number of benzene rings is 1. The van der Waals surface area contributed by atoms with Gasteiger partial charge in [-0.3, -0.25) is 9.59 Å². The smallest absolute Gasteiger partial charge is 0.391 e. The van der Waals surface area contributed by atoms with Crippen molar-refractivity contribution in [2.24, 2.45) is 0 Å². The van der Waals surface area contributed by atoms with E-state index in [9.17, 15) is 27.9 Å². The Morgan fingerprint density at radius 1 is 1.30 bits per heavy atom. The van der Waals surface area contributed by atoms with Gasteiger partial charge in [0.2, 0.25) is 5.91 Å². The molecule has 126 valence electrons. The van der Waals surface area contributed by atoms with Crippen molar-refractivity contribution in [3.05, 3.63) is 29.3 Å². The maximum atomic E-state index is 13.0. The van der Waals surface area contributed by atoms with Gasteiger partial charge in [-0.1, -0.05) is 0 Å². The van der Waals surface area contributed by atoms with Gasteiger partial charge in [0, 0.05) is 31.3 Å². The highest BCUT2D eigenvalue weighted by atomic mass is 19.4. The van der Waals surface area contributed by atoms with E-state index in [0.717, 1.165) is 12.1 Å². The molecule has 2 amide bonds. The molecule has 2 N–H and O–H groups in total. The SMILES string of the molecule is CC(=O)Nc1cc(C(=O)N2CCCC(O)C2)cc(C(F)(F)F)c1. The lowest BCUT2D eigenvalue weighted by molar-refractivity contribution is -0.137. The molecule has 2 rings (SSSR count). The molecule has 1 fully saturated rings. The number of anilines is 1. The standard InChI is InChI=1S/C15H17F3N2O3/c1-9(21)19-12-6-10(5-11(7-12)15(16,17)18)14(23)20-4-2-3-13(22)8-20/h5-7,13,22H,2-4,8H2,1H3,(H,19,21). The van der Waals surface area contributed by atoms with Crippen LogP contribution in [0, 0.1) is 0 Å². The third-order valence-corrected chi connectivity index (χ3v) is 3.51. The van der Waals surface area contributed by atoms with Crippen molar-refractivity contribution in [2.75, 3.05) is 18.4 Å². The molecule has 1 aliphatic heterocycles. The van der Waals surface area contributed by atoms with Crippen LogP contribution in [0.1, 0.15) is 35.7 Å². The Hall–Kier alpha value is -2.09. The number of carbonyl (C=O) groups is 2. The fourth-order valence-electron chi connectivity index (χ4n) is 2.51. The van der Waals surface area contributed by atoms with Gasteiger partial charge < -0.3 is 15.3 Å². The highest BCUT2D eigenvalue weighted by Gasteiger charge is 2.33. The van der Waals surface area contributed by atoms with Crippen LogP contribution in [0.4, 0.5) is 18.9 Å². The molecule has 0 bridgehead atoms. The third kappa shape index (κ3) is 4.44. The molecule has 0 spiro atoms. The average Bonchev–Trinajstić information content (AvgIpc) is 2.44. The lowest BCUT2D eigenvalue weighted by Gasteiger charge is -2.30. The van der Waals surface area contributed by atoms with Crippen LogP contribution in [0.5, 0.6) is 0 Å². The second kappa shape index (κ2) is 6.57. The van der Waals surface area contributed by atoms with Crippen molar-refractivity contribution in [1.29, 1.82) is 0 Å². The van der Waals surface area contributed by atoms with Crippen molar-refractivity contribution in [3.63, 3.8) is 0 Å². The maximum absolute atomic E-state index is 13.0. The molecule has 0 radical (unpaired) electrons. The van der Waals surface area contributed by atoms with Gasteiger partial charge in [-0.2, -0.15) is 13.2 Å². The lowest BCUT2D eigenvalue weighted by Crippen LogP contribution is -2.42. The summed E-state index contributed by atoms with van der Waals surface area (Å²) in [5, 5.41) is 11.9. The zero-order chi connectivity index (χ0) is 17.2. The predicted octanol–water partition coefficient (Wildman–Crippen LogP) is 2.26. The van der Waals surface area contributed by atoms with Crippen LogP contribution in [0.3, 0.4) is 0 Å². The van der Waals surface area contributed by atoms with E-state index >= 15 is 0 Å². The van der Waals surface area contributed by atoms with Crippen LogP contribution >= 0.6 is 0 Å². The highest BCUT2D eigenvalue weighted by Crippen LogP contribution is 2.32. The van der Waals surface area contributed by atoms with Gasteiger partial charge in [-0.05, 0) is 31.0 Å². The third-order valence-electron chi connectivity index (χ3n) is 3.51. The van der Waals surface area contributed by atoms with Gasteiger partial charge in [-0.25, -0.2) is 0 Å². The zero-order valence-electron chi connectivity index (χ0n) is 12.5. The van der Waals surface area contributed by atoms with Crippen molar-refractivity contribution in [3.8, 4) is 0 Å². The number of likely N-dealkylation sites (tertiary alicyclic amines) is 1. The zero-order valence-corrected chi connectivity index (χ0v) is 12.5. The van der Waals surface area contributed by atoms with Crippen LogP contribution in [0.15, 0.2) is 18.2 Å². The molecule has 1 atom stereocenters. The van der Waals surface area contributed by atoms with Crippen LogP contribution in [-0.2, 0) is 11.0 Å². The van der Waals surface area contributed by atoms with Crippen molar-refractivity contribution < 1.29 is 27.9 Å². The number of alkyl halides is 3. The number of amides is 2. The first-order valence-corrected chi connectivity index (χ1v) is 7.14.